The Balaban J connectivity index is 1.30. The molecule has 2 saturated heterocycles. The summed E-state index contributed by atoms with van der Waals surface area (Å²) in [6, 6.07) is 0. The van der Waals surface area contributed by atoms with E-state index in [-0.39, 0.29) is 6.10 Å². The molecule has 5 nitrogen and oxygen atoms in total. The number of rotatable bonds is 4. The third kappa shape index (κ3) is 3.79. The minimum atomic E-state index is -0.105. The van der Waals surface area contributed by atoms with Crippen LogP contribution in [0.3, 0.4) is 0 Å². The number of likely N-dealkylation sites (tertiary alicyclic amines) is 1. The van der Waals surface area contributed by atoms with Crippen LogP contribution in [0.4, 0.5) is 5.82 Å². The van der Waals surface area contributed by atoms with Gasteiger partial charge in [-0.3, -0.25) is 0 Å². The summed E-state index contributed by atoms with van der Waals surface area (Å²) >= 11 is 1.80. The molecule has 0 bridgehead atoms. The first-order valence-electron chi connectivity index (χ1n) is 11.2. The SMILES string of the molecule is OC1CCN(CC2CCN(c3ncnc4scc(C5CCCCC5)c34)CC2)C1. The summed E-state index contributed by atoms with van der Waals surface area (Å²) in [4.78, 5) is 15.5. The van der Waals surface area contributed by atoms with Crippen molar-refractivity contribution in [1.29, 1.82) is 0 Å². The number of β-amino-alcohol motifs (C(OH)–C–C–N with tert-alkyl or cyclic N) is 1. The van der Waals surface area contributed by atoms with Gasteiger partial charge in [0.2, 0.25) is 0 Å². The van der Waals surface area contributed by atoms with E-state index < -0.39 is 0 Å². The first-order chi connectivity index (χ1) is 13.8. The lowest BCUT2D eigenvalue weighted by molar-refractivity contribution is 0.166. The Morgan fingerprint density at radius 1 is 1.00 bits per heavy atom. The maximum absolute atomic E-state index is 9.77. The molecule has 0 spiro atoms. The van der Waals surface area contributed by atoms with E-state index in [4.69, 9.17) is 4.98 Å². The number of anilines is 1. The first kappa shape index (κ1) is 18.8. The van der Waals surface area contributed by atoms with Gasteiger partial charge in [-0.25, -0.2) is 9.97 Å². The molecule has 2 aromatic rings. The van der Waals surface area contributed by atoms with E-state index in [1.165, 1.54) is 66.5 Å². The van der Waals surface area contributed by atoms with Gasteiger partial charge < -0.3 is 14.9 Å². The van der Waals surface area contributed by atoms with Gasteiger partial charge >= 0.3 is 0 Å². The van der Waals surface area contributed by atoms with Crippen molar-refractivity contribution in [1.82, 2.24) is 14.9 Å². The molecule has 1 aliphatic carbocycles. The number of piperidine rings is 1. The summed E-state index contributed by atoms with van der Waals surface area (Å²) in [5.74, 6) is 2.63. The second-order valence-electron chi connectivity index (χ2n) is 9.04. The van der Waals surface area contributed by atoms with Crippen LogP contribution in [0.25, 0.3) is 10.2 Å². The van der Waals surface area contributed by atoms with Crippen molar-refractivity contribution in [2.24, 2.45) is 5.92 Å². The van der Waals surface area contributed by atoms with Gasteiger partial charge in [0.25, 0.3) is 0 Å². The number of fused-ring (bicyclic) bond motifs is 1. The summed E-state index contributed by atoms with van der Waals surface area (Å²) in [5, 5.41) is 13.5. The van der Waals surface area contributed by atoms with Gasteiger partial charge in [-0.2, -0.15) is 0 Å². The molecule has 152 valence electrons. The zero-order chi connectivity index (χ0) is 18.9. The molecule has 1 unspecified atom stereocenters. The Bertz CT molecular complexity index is 795. The highest BCUT2D eigenvalue weighted by Crippen LogP contribution is 2.42. The van der Waals surface area contributed by atoms with Crippen molar-refractivity contribution in [3.63, 3.8) is 0 Å². The minimum absolute atomic E-state index is 0.105. The lowest BCUT2D eigenvalue weighted by Gasteiger charge is -2.35. The zero-order valence-corrected chi connectivity index (χ0v) is 17.5. The summed E-state index contributed by atoms with van der Waals surface area (Å²) in [7, 11) is 0. The average Bonchev–Trinajstić information content (AvgIpc) is 3.35. The molecule has 1 N–H and O–H groups in total. The molecule has 1 saturated carbocycles. The smallest absolute Gasteiger partial charge is 0.141 e. The van der Waals surface area contributed by atoms with Crippen molar-refractivity contribution < 1.29 is 5.11 Å². The Morgan fingerprint density at radius 2 is 1.82 bits per heavy atom. The Kier molecular flexibility index (Phi) is 5.53. The summed E-state index contributed by atoms with van der Waals surface area (Å²) in [6.07, 6.45) is 11.8. The summed E-state index contributed by atoms with van der Waals surface area (Å²) in [5.41, 5.74) is 1.52. The van der Waals surface area contributed by atoms with Crippen LogP contribution >= 0.6 is 11.3 Å². The topological polar surface area (TPSA) is 52.5 Å². The van der Waals surface area contributed by atoms with Crippen molar-refractivity contribution in [2.45, 2.75) is 63.4 Å². The third-order valence-electron chi connectivity index (χ3n) is 7.10. The molecule has 0 radical (unpaired) electrons. The number of hydrogen-bond donors (Lipinski definition) is 1. The van der Waals surface area contributed by atoms with Crippen molar-refractivity contribution in [3.05, 3.63) is 17.3 Å². The second kappa shape index (κ2) is 8.25. The number of aliphatic hydroxyl groups is 1. The van der Waals surface area contributed by atoms with E-state index in [0.29, 0.717) is 5.92 Å². The van der Waals surface area contributed by atoms with Crippen LogP contribution in [-0.2, 0) is 0 Å². The van der Waals surface area contributed by atoms with Gasteiger partial charge in [0.05, 0.1) is 11.5 Å². The highest BCUT2D eigenvalue weighted by molar-refractivity contribution is 7.17. The second-order valence-corrected chi connectivity index (χ2v) is 9.89. The molecular weight excluding hydrogens is 368 g/mol. The quantitative estimate of drug-likeness (QED) is 0.840. The maximum Gasteiger partial charge on any atom is 0.141 e. The first-order valence-corrected chi connectivity index (χ1v) is 12.0. The monoisotopic (exact) mass is 400 g/mol. The van der Waals surface area contributed by atoms with Crippen LogP contribution in [0.15, 0.2) is 11.7 Å². The van der Waals surface area contributed by atoms with E-state index in [2.05, 4.69) is 20.2 Å². The fourth-order valence-corrected chi connectivity index (χ4v) is 6.49. The third-order valence-corrected chi connectivity index (χ3v) is 8.01. The molecule has 6 heteroatoms. The van der Waals surface area contributed by atoms with Crippen LogP contribution in [0, 0.1) is 5.92 Å². The van der Waals surface area contributed by atoms with E-state index in [1.54, 1.807) is 17.7 Å². The summed E-state index contributed by atoms with van der Waals surface area (Å²) in [6.45, 7) is 5.26. The highest BCUT2D eigenvalue weighted by atomic mass is 32.1. The molecule has 1 atom stereocenters. The molecular formula is C22H32N4OS. The minimum Gasteiger partial charge on any atom is -0.392 e. The molecule has 3 fully saturated rings. The van der Waals surface area contributed by atoms with Crippen LogP contribution in [0.2, 0.25) is 0 Å². The average molecular weight is 401 g/mol. The highest BCUT2D eigenvalue weighted by Gasteiger charge is 2.28. The largest absolute Gasteiger partial charge is 0.392 e. The fraction of sp³-hybridized carbons (Fsp3) is 0.727. The van der Waals surface area contributed by atoms with Crippen LogP contribution in [0.5, 0.6) is 0 Å². The molecule has 3 aliphatic rings. The van der Waals surface area contributed by atoms with E-state index >= 15 is 0 Å². The molecule has 5 rings (SSSR count). The number of aliphatic hydroxyl groups excluding tert-OH is 1. The Morgan fingerprint density at radius 3 is 2.57 bits per heavy atom. The predicted molar refractivity (Wildman–Crippen MR) is 115 cm³/mol. The van der Waals surface area contributed by atoms with Gasteiger partial charge in [-0.05, 0) is 54.9 Å². The lowest BCUT2D eigenvalue weighted by atomic mass is 9.84. The standard InChI is InChI=1S/C22H32N4OS/c27-18-8-9-25(13-18)12-16-6-10-26(11-7-16)21-20-19(17-4-2-1-3-5-17)14-28-22(20)24-15-23-21/h14-18,27H,1-13H2. The Labute approximate surface area is 171 Å². The fourth-order valence-electron chi connectivity index (χ4n) is 5.51. The van der Waals surface area contributed by atoms with Crippen molar-refractivity contribution in [3.8, 4) is 0 Å². The van der Waals surface area contributed by atoms with Gasteiger partial charge in [0.15, 0.2) is 0 Å². The van der Waals surface area contributed by atoms with Gasteiger partial charge in [0.1, 0.15) is 17.0 Å². The number of thiophene rings is 1. The number of aromatic nitrogens is 2. The van der Waals surface area contributed by atoms with Crippen LogP contribution < -0.4 is 4.90 Å². The number of nitrogens with zero attached hydrogens (tertiary/aromatic N) is 4. The molecule has 2 aromatic heterocycles. The van der Waals surface area contributed by atoms with Gasteiger partial charge in [0, 0.05) is 32.7 Å². The normalized spacial score (nSPS) is 25.8. The molecule has 0 aromatic carbocycles. The summed E-state index contributed by atoms with van der Waals surface area (Å²) < 4.78 is 0. The van der Waals surface area contributed by atoms with E-state index in [1.807, 2.05) is 0 Å². The van der Waals surface area contributed by atoms with Crippen molar-refractivity contribution >= 4 is 27.4 Å². The van der Waals surface area contributed by atoms with Gasteiger partial charge in [-0.1, -0.05) is 19.3 Å². The molecule has 2 aliphatic heterocycles. The van der Waals surface area contributed by atoms with E-state index in [9.17, 15) is 5.11 Å². The Hall–Kier alpha value is -1.24. The molecule has 4 heterocycles. The molecule has 28 heavy (non-hydrogen) atoms. The molecule has 0 amide bonds. The van der Waals surface area contributed by atoms with Crippen LogP contribution in [0.1, 0.15) is 62.8 Å². The predicted octanol–water partition coefficient (Wildman–Crippen LogP) is 4.02. The lowest BCUT2D eigenvalue weighted by Crippen LogP contribution is -2.39. The van der Waals surface area contributed by atoms with Crippen LogP contribution in [-0.4, -0.2) is 58.8 Å². The zero-order valence-electron chi connectivity index (χ0n) is 16.7. The van der Waals surface area contributed by atoms with E-state index in [0.717, 1.165) is 45.1 Å². The van der Waals surface area contributed by atoms with Gasteiger partial charge in [-0.15, -0.1) is 11.3 Å². The number of hydrogen-bond acceptors (Lipinski definition) is 6. The van der Waals surface area contributed by atoms with Crippen molar-refractivity contribution in [2.75, 3.05) is 37.6 Å². The maximum atomic E-state index is 9.77.